The van der Waals surface area contributed by atoms with Gasteiger partial charge in [-0.25, -0.2) is 0 Å². The molecule has 3 amide bonds. The fourth-order valence-corrected chi connectivity index (χ4v) is 11.5. The lowest BCUT2D eigenvalue weighted by atomic mass is 9.82. The highest BCUT2D eigenvalue weighted by Gasteiger charge is 2.66. The van der Waals surface area contributed by atoms with E-state index in [9.17, 15) is 24.3 Å². The van der Waals surface area contributed by atoms with Gasteiger partial charge in [-0.2, -0.15) is 0 Å². The molecule has 3 aromatic rings. The SMILES string of the molecule is C[C@H]1[C@H]([Si](C)(C)O)[C@@H](CC(=O)N2Cc3ccccc3C[C@H]2CO)O[C@]12C(=O)N(Cc1cccc(NC(=O)C3CCCNC3)c1)c1ccccc12. The largest absolute Gasteiger partial charge is 0.432 e. The number of benzene rings is 3. The second-order valence-corrected chi connectivity index (χ2v) is 19.0. The highest BCUT2D eigenvalue weighted by atomic mass is 28.4. The lowest BCUT2D eigenvalue weighted by Gasteiger charge is -2.37. The van der Waals surface area contributed by atoms with Crippen LogP contribution in [0.25, 0.3) is 0 Å². The molecular formula is C39H48N4O6Si. The van der Waals surface area contributed by atoms with Crippen LogP contribution in [0.3, 0.4) is 0 Å². The standard InChI is InChI=1S/C39H48N4O6Si/c1-25-36(50(2,3)48)34(20-35(45)42-23-29-12-5-4-11-27(29)19-31(42)24-44)49-39(25)32-15-6-7-16-33(32)43(38(39)47)22-26-10-8-14-30(18-26)41-37(46)28-13-9-17-40-21-28/h4-8,10-12,14-16,18,25,28,31,34,36,40,44,48H,9,13,17,19-24H2,1-3H3,(H,41,46)/t25-,28?,31-,34+,36-,39+/m0/s1. The van der Waals surface area contributed by atoms with Crippen molar-refractivity contribution in [3.63, 3.8) is 0 Å². The molecule has 1 unspecified atom stereocenters. The molecule has 2 fully saturated rings. The molecule has 4 N–H and O–H groups in total. The molecule has 1 spiro atoms. The molecule has 10 nitrogen and oxygen atoms in total. The number of rotatable bonds is 8. The third-order valence-corrected chi connectivity index (χ3v) is 13.9. The van der Waals surface area contributed by atoms with E-state index >= 15 is 0 Å². The van der Waals surface area contributed by atoms with Crippen LogP contribution in [0.4, 0.5) is 11.4 Å². The zero-order chi connectivity index (χ0) is 35.2. The Bertz CT molecular complexity index is 1770. The number of aliphatic hydroxyl groups excluding tert-OH is 1. The van der Waals surface area contributed by atoms with E-state index in [0.717, 1.165) is 47.3 Å². The molecule has 0 bridgehead atoms. The molecule has 0 saturated carbocycles. The second-order valence-electron chi connectivity index (χ2n) is 15.0. The minimum absolute atomic E-state index is 0.000117. The van der Waals surface area contributed by atoms with Gasteiger partial charge in [0, 0.05) is 35.8 Å². The van der Waals surface area contributed by atoms with Crippen LogP contribution in [-0.4, -0.2) is 72.7 Å². The molecule has 2 saturated heterocycles. The topological polar surface area (TPSA) is 131 Å². The molecule has 264 valence electrons. The van der Waals surface area contributed by atoms with Gasteiger partial charge in [-0.15, -0.1) is 0 Å². The zero-order valence-corrected chi connectivity index (χ0v) is 30.1. The van der Waals surface area contributed by atoms with Gasteiger partial charge in [0.05, 0.1) is 43.3 Å². The summed E-state index contributed by atoms with van der Waals surface area (Å²) in [6, 6.07) is 22.9. The van der Waals surface area contributed by atoms with Crippen molar-refractivity contribution in [3.05, 3.63) is 95.1 Å². The van der Waals surface area contributed by atoms with Crippen molar-refractivity contribution in [2.75, 3.05) is 29.9 Å². The molecule has 6 atom stereocenters. The number of nitrogens with one attached hydrogen (secondary N) is 2. The average Bonchev–Trinajstić information content (AvgIpc) is 3.54. The first-order valence-electron chi connectivity index (χ1n) is 17.9. The summed E-state index contributed by atoms with van der Waals surface area (Å²) in [5, 5.41) is 16.6. The number of anilines is 2. The number of carbonyl (C=O) groups is 3. The monoisotopic (exact) mass is 696 g/mol. The maximum absolute atomic E-state index is 14.8. The number of piperidine rings is 1. The first-order valence-corrected chi connectivity index (χ1v) is 20.9. The van der Waals surface area contributed by atoms with Gasteiger partial charge in [0.2, 0.25) is 11.8 Å². The van der Waals surface area contributed by atoms with Crippen molar-refractivity contribution in [2.24, 2.45) is 11.8 Å². The molecule has 11 heteroatoms. The quantitative estimate of drug-likeness (QED) is 0.259. The second kappa shape index (κ2) is 13.7. The molecule has 4 aliphatic heterocycles. The molecule has 4 heterocycles. The summed E-state index contributed by atoms with van der Waals surface area (Å²) in [4.78, 5) is 57.1. The van der Waals surface area contributed by atoms with Gasteiger partial charge in [-0.05, 0) is 73.8 Å². The normalized spacial score (nSPS) is 27.7. The average molecular weight is 697 g/mol. The van der Waals surface area contributed by atoms with Crippen LogP contribution < -0.4 is 15.5 Å². The molecule has 0 aromatic heterocycles. The van der Waals surface area contributed by atoms with Crippen LogP contribution in [0, 0.1) is 11.8 Å². The number of para-hydroxylation sites is 1. The molecule has 0 aliphatic carbocycles. The van der Waals surface area contributed by atoms with Crippen molar-refractivity contribution < 1.29 is 29.0 Å². The minimum Gasteiger partial charge on any atom is -0.432 e. The maximum Gasteiger partial charge on any atom is 0.264 e. The maximum atomic E-state index is 14.8. The van der Waals surface area contributed by atoms with Crippen LogP contribution in [0.5, 0.6) is 0 Å². The van der Waals surface area contributed by atoms with Gasteiger partial charge < -0.3 is 35.1 Å². The highest BCUT2D eigenvalue weighted by molar-refractivity contribution is 6.71. The number of aliphatic hydroxyl groups is 1. The van der Waals surface area contributed by atoms with E-state index in [1.165, 1.54) is 0 Å². The Morgan fingerprint density at radius 1 is 1.06 bits per heavy atom. The van der Waals surface area contributed by atoms with Crippen LogP contribution in [0.1, 0.15) is 48.4 Å². The van der Waals surface area contributed by atoms with Crippen LogP contribution in [0.2, 0.25) is 18.6 Å². The summed E-state index contributed by atoms with van der Waals surface area (Å²) in [6.07, 6.45) is 1.70. The first-order chi connectivity index (χ1) is 24.0. The highest BCUT2D eigenvalue weighted by Crippen LogP contribution is 2.59. The fraction of sp³-hybridized carbons (Fsp3) is 0.462. The molecular weight excluding hydrogens is 649 g/mol. The van der Waals surface area contributed by atoms with E-state index in [0.29, 0.717) is 25.2 Å². The van der Waals surface area contributed by atoms with Gasteiger partial charge in [-0.1, -0.05) is 61.5 Å². The third kappa shape index (κ3) is 6.19. The lowest BCUT2D eigenvalue weighted by molar-refractivity contribution is -0.151. The van der Waals surface area contributed by atoms with Crippen molar-refractivity contribution in [1.29, 1.82) is 0 Å². The number of fused-ring (bicyclic) bond motifs is 3. The summed E-state index contributed by atoms with van der Waals surface area (Å²) < 4.78 is 6.92. The van der Waals surface area contributed by atoms with E-state index in [4.69, 9.17) is 4.74 Å². The predicted molar refractivity (Wildman–Crippen MR) is 194 cm³/mol. The van der Waals surface area contributed by atoms with E-state index < -0.39 is 31.5 Å². The van der Waals surface area contributed by atoms with Crippen LogP contribution in [0.15, 0.2) is 72.8 Å². The molecule has 3 aromatic carbocycles. The van der Waals surface area contributed by atoms with Gasteiger partial charge >= 0.3 is 0 Å². The molecule has 50 heavy (non-hydrogen) atoms. The number of hydrogen-bond acceptors (Lipinski definition) is 7. The first kappa shape index (κ1) is 34.6. The molecule has 0 radical (unpaired) electrons. The minimum atomic E-state index is -2.99. The summed E-state index contributed by atoms with van der Waals surface area (Å²) in [5.74, 6) is -0.865. The van der Waals surface area contributed by atoms with Crippen molar-refractivity contribution in [1.82, 2.24) is 10.2 Å². The van der Waals surface area contributed by atoms with Gasteiger partial charge in [0.25, 0.3) is 5.91 Å². The third-order valence-electron chi connectivity index (χ3n) is 11.4. The van der Waals surface area contributed by atoms with E-state index in [1.807, 2.05) is 92.8 Å². The van der Waals surface area contributed by atoms with Gasteiger partial charge in [0.1, 0.15) is 0 Å². The summed E-state index contributed by atoms with van der Waals surface area (Å²) in [7, 11) is -2.99. The van der Waals surface area contributed by atoms with E-state index in [1.54, 1.807) is 9.80 Å². The van der Waals surface area contributed by atoms with Crippen LogP contribution in [-0.2, 0) is 44.2 Å². The predicted octanol–water partition coefficient (Wildman–Crippen LogP) is 4.31. The Labute approximate surface area is 294 Å². The van der Waals surface area contributed by atoms with Gasteiger partial charge in [-0.3, -0.25) is 14.4 Å². The smallest absolute Gasteiger partial charge is 0.264 e. The fourth-order valence-electron chi connectivity index (χ4n) is 8.97. The van der Waals surface area contributed by atoms with Crippen molar-refractivity contribution >= 4 is 37.4 Å². The Hall–Kier alpha value is -3.87. The number of nitrogens with zero attached hydrogens (tertiary/aromatic N) is 2. The Morgan fingerprint density at radius 3 is 2.56 bits per heavy atom. The van der Waals surface area contributed by atoms with E-state index in [2.05, 4.69) is 10.6 Å². The molecule has 4 aliphatic rings. The number of amides is 3. The summed E-state index contributed by atoms with van der Waals surface area (Å²) >= 11 is 0. The van der Waals surface area contributed by atoms with Crippen LogP contribution >= 0.6 is 0 Å². The lowest BCUT2D eigenvalue weighted by Crippen LogP contribution is -2.48. The van der Waals surface area contributed by atoms with Crippen molar-refractivity contribution in [2.45, 2.75) is 82.1 Å². The number of ether oxygens (including phenoxy) is 1. The number of carbonyl (C=O) groups excluding carboxylic acids is 3. The Balaban J connectivity index is 1.15. The Kier molecular flexibility index (Phi) is 9.46. The zero-order valence-electron chi connectivity index (χ0n) is 29.1. The summed E-state index contributed by atoms with van der Waals surface area (Å²) in [5.41, 5.74) is 3.44. The number of hydrogen-bond donors (Lipinski definition) is 4. The molecule has 7 rings (SSSR count). The van der Waals surface area contributed by atoms with Crippen molar-refractivity contribution in [3.8, 4) is 0 Å². The Morgan fingerprint density at radius 2 is 1.82 bits per heavy atom. The summed E-state index contributed by atoms with van der Waals surface area (Å²) in [6.45, 7) is 7.79. The van der Waals surface area contributed by atoms with E-state index in [-0.39, 0.29) is 49.3 Å². The van der Waals surface area contributed by atoms with Gasteiger partial charge in [0.15, 0.2) is 13.9 Å².